The van der Waals surface area contributed by atoms with Crippen molar-refractivity contribution < 1.29 is 4.39 Å². The van der Waals surface area contributed by atoms with E-state index < -0.39 is 5.82 Å². The van der Waals surface area contributed by atoms with E-state index in [1.165, 1.54) is 12.1 Å². The molecule has 1 aromatic rings. The van der Waals surface area contributed by atoms with Gasteiger partial charge in [0.25, 0.3) is 0 Å². The van der Waals surface area contributed by atoms with E-state index in [1.807, 2.05) is 6.92 Å². The topological polar surface area (TPSA) is 12.0 Å². The Labute approximate surface area is 125 Å². The number of nitrogens with one attached hydrogen (secondary N) is 1. The molecule has 108 valence electrons. The summed E-state index contributed by atoms with van der Waals surface area (Å²) in [5.74, 6) is 0.0736. The lowest BCUT2D eigenvalue weighted by Gasteiger charge is -2.29. The largest absolute Gasteiger partial charge is 0.310 e. The minimum Gasteiger partial charge on any atom is -0.310 e. The Morgan fingerprint density at radius 1 is 1.16 bits per heavy atom. The molecule has 2 atom stereocenters. The zero-order valence-corrected chi connectivity index (χ0v) is 13.7. The Bertz CT molecular complexity index is 441. The normalized spacial score (nSPS) is 15.4. The maximum absolute atomic E-state index is 13.5. The Hall–Kier alpha value is -0.310. The summed E-state index contributed by atoms with van der Waals surface area (Å²) in [6.45, 7) is 11.6. The Kier molecular flexibility index (Phi) is 5.66. The average Bonchev–Trinajstić information content (AvgIpc) is 2.29. The fourth-order valence-electron chi connectivity index (χ4n) is 1.64. The lowest BCUT2D eigenvalue weighted by molar-refractivity contribution is 0.247. The number of hydrogen-bond acceptors (Lipinski definition) is 1. The third kappa shape index (κ3) is 4.62. The molecule has 0 aliphatic rings. The first-order valence-electron chi connectivity index (χ1n) is 6.50. The molecule has 0 saturated heterocycles. The first kappa shape index (κ1) is 16.7. The maximum Gasteiger partial charge on any atom is 0.142 e. The van der Waals surface area contributed by atoms with Gasteiger partial charge in [-0.05, 0) is 42.5 Å². The Balaban J connectivity index is 2.74. The van der Waals surface area contributed by atoms with Crippen LogP contribution in [0.5, 0.6) is 0 Å². The second-order valence-corrected chi connectivity index (χ2v) is 7.00. The van der Waals surface area contributed by atoms with Crippen LogP contribution in [0.4, 0.5) is 4.39 Å². The highest BCUT2D eigenvalue weighted by atomic mass is 35.5. The summed E-state index contributed by atoms with van der Waals surface area (Å²) in [4.78, 5) is 0. The zero-order chi connectivity index (χ0) is 14.8. The van der Waals surface area contributed by atoms with Crippen LogP contribution >= 0.6 is 23.2 Å². The van der Waals surface area contributed by atoms with Crippen LogP contribution in [0.1, 0.15) is 46.2 Å². The molecule has 0 aliphatic heterocycles. The fourth-order valence-corrected chi connectivity index (χ4v) is 2.19. The second kappa shape index (κ2) is 6.43. The quantitative estimate of drug-likeness (QED) is 0.728. The van der Waals surface area contributed by atoms with Crippen molar-refractivity contribution in [1.29, 1.82) is 0 Å². The molecule has 4 heteroatoms. The van der Waals surface area contributed by atoms with Crippen LogP contribution < -0.4 is 5.32 Å². The van der Waals surface area contributed by atoms with Gasteiger partial charge in [-0.25, -0.2) is 4.39 Å². The summed E-state index contributed by atoms with van der Waals surface area (Å²) in [6, 6.07) is 2.85. The van der Waals surface area contributed by atoms with E-state index in [0.717, 1.165) is 12.1 Å². The first-order valence-corrected chi connectivity index (χ1v) is 7.26. The van der Waals surface area contributed by atoms with Gasteiger partial charge in [0, 0.05) is 11.1 Å². The number of halogens is 3. The first-order chi connectivity index (χ1) is 8.62. The van der Waals surface area contributed by atoms with Crippen LogP contribution in [-0.2, 0) is 0 Å². The van der Waals surface area contributed by atoms with Crippen LogP contribution in [0, 0.1) is 17.2 Å². The molecule has 0 amide bonds. The van der Waals surface area contributed by atoms with E-state index in [1.54, 1.807) is 0 Å². The summed E-state index contributed by atoms with van der Waals surface area (Å²) < 4.78 is 13.5. The second-order valence-electron chi connectivity index (χ2n) is 6.18. The van der Waals surface area contributed by atoms with Gasteiger partial charge in [0.2, 0.25) is 0 Å². The highest BCUT2D eigenvalue weighted by Gasteiger charge is 2.21. The minimum absolute atomic E-state index is 0.0101. The Morgan fingerprint density at radius 3 is 2.26 bits per heavy atom. The van der Waals surface area contributed by atoms with Crippen molar-refractivity contribution in [3.05, 3.63) is 33.6 Å². The van der Waals surface area contributed by atoms with Gasteiger partial charge in [0.15, 0.2) is 0 Å². The lowest BCUT2D eigenvalue weighted by atomic mass is 9.82. The van der Waals surface area contributed by atoms with Gasteiger partial charge >= 0.3 is 0 Å². The third-order valence-corrected chi connectivity index (χ3v) is 4.33. The van der Waals surface area contributed by atoms with Gasteiger partial charge in [-0.1, -0.05) is 50.9 Å². The van der Waals surface area contributed by atoms with Gasteiger partial charge in [-0.3, -0.25) is 0 Å². The Morgan fingerprint density at radius 2 is 1.74 bits per heavy atom. The molecule has 1 aromatic carbocycles. The lowest BCUT2D eigenvalue weighted by Crippen LogP contribution is -2.31. The van der Waals surface area contributed by atoms with Crippen LogP contribution in [0.3, 0.4) is 0 Å². The van der Waals surface area contributed by atoms with Crippen molar-refractivity contribution in [2.24, 2.45) is 11.3 Å². The van der Waals surface area contributed by atoms with E-state index in [0.29, 0.717) is 10.9 Å². The summed E-state index contributed by atoms with van der Waals surface area (Å²) in [6.07, 6.45) is 0. The predicted octanol–water partition coefficient (Wildman–Crippen LogP) is 5.47. The fraction of sp³-hybridized carbons (Fsp3) is 0.600. The van der Waals surface area contributed by atoms with Crippen LogP contribution in [0.2, 0.25) is 10.0 Å². The minimum atomic E-state index is -0.432. The molecular formula is C15H22Cl2FN. The molecular weight excluding hydrogens is 284 g/mol. The standard InChI is InChI=1S/C15H22Cl2FN/c1-9(15(3,4)5)8-19-10(2)11-6-14(18)13(17)7-12(11)16/h6-7,9-10,19H,8H2,1-5H3. The van der Waals surface area contributed by atoms with E-state index in [2.05, 4.69) is 33.0 Å². The third-order valence-electron chi connectivity index (χ3n) is 3.71. The summed E-state index contributed by atoms with van der Waals surface area (Å²) in [5.41, 5.74) is 0.978. The molecule has 1 nitrogen and oxygen atoms in total. The highest BCUT2D eigenvalue weighted by Crippen LogP contribution is 2.30. The van der Waals surface area contributed by atoms with Gasteiger partial charge in [-0.2, -0.15) is 0 Å². The number of hydrogen-bond donors (Lipinski definition) is 1. The highest BCUT2D eigenvalue weighted by molar-refractivity contribution is 6.35. The molecule has 0 spiro atoms. The van der Waals surface area contributed by atoms with Crippen molar-refractivity contribution in [2.45, 2.75) is 40.7 Å². The SMILES string of the molecule is CC(NCC(C)C(C)(C)C)c1cc(F)c(Cl)cc1Cl. The van der Waals surface area contributed by atoms with Crippen molar-refractivity contribution >= 4 is 23.2 Å². The van der Waals surface area contributed by atoms with E-state index in [9.17, 15) is 4.39 Å². The molecule has 0 fully saturated rings. The summed E-state index contributed by atoms with van der Waals surface area (Å²) >= 11 is 11.8. The van der Waals surface area contributed by atoms with Gasteiger partial charge < -0.3 is 5.32 Å². The molecule has 2 unspecified atom stereocenters. The molecule has 19 heavy (non-hydrogen) atoms. The maximum atomic E-state index is 13.5. The molecule has 0 radical (unpaired) electrons. The van der Waals surface area contributed by atoms with Crippen molar-refractivity contribution in [2.75, 3.05) is 6.54 Å². The number of rotatable bonds is 4. The molecule has 1 N–H and O–H groups in total. The predicted molar refractivity (Wildman–Crippen MR) is 81.5 cm³/mol. The van der Waals surface area contributed by atoms with Crippen LogP contribution in [0.15, 0.2) is 12.1 Å². The monoisotopic (exact) mass is 305 g/mol. The average molecular weight is 306 g/mol. The van der Waals surface area contributed by atoms with Crippen molar-refractivity contribution in [3.8, 4) is 0 Å². The van der Waals surface area contributed by atoms with Gasteiger partial charge in [-0.15, -0.1) is 0 Å². The van der Waals surface area contributed by atoms with Crippen molar-refractivity contribution in [3.63, 3.8) is 0 Å². The molecule has 0 bridgehead atoms. The molecule has 0 aromatic heterocycles. The van der Waals surface area contributed by atoms with Gasteiger partial charge in [0.1, 0.15) is 5.82 Å². The molecule has 0 heterocycles. The molecule has 0 aliphatic carbocycles. The van der Waals surface area contributed by atoms with Crippen LogP contribution in [0.25, 0.3) is 0 Å². The van der Waals surface area contributed by atoms with E-state index in [4.69, 9.17) is 23.2 Å². The smallest absolute Gasteiger partial charge is 0.142 e. The van der Waals surface area contributed by atoms with E-state index >= 15 is 0 Å². The molecule has 1 rings (SSSR count). The number of benzene rings is 1. The summed E-state index contributed by atoms with van der Waals surface area (Å²) in [7, 11) is 0. The summed E-state index contributed by atoms with van der Waals surface area (Å²) in [5, 5.41) is 3.95. The zero-order valence-electron chi connectivity index (χ0n) is 12.2. The van der Waals surface area contributed by atoms with Gasteiger partial charge in [0.05, 0.1) is 5.02 Å². The van der Waals surface area contributed by atoms with Crippen LogP contribution in [-0.4, -0.2) is 6.54 Å². The van der Waals surface area contributed by atoms with E-state index in [-0.39, 0.29) is 16.5 Å². The van der Waals surface area contributed by atoms with Crippen molar-refractivity contribution in [1.82, 2.24) is 5.32 Å². The molecule has 0 saturated carbocycles.